The Labute approximate surface area is 82.4 Å². The van der Waals surface area contributed by atoms with E-state index in [-0.39, 0.29) is 0 Å². The lowest BCUT2D eigenvalue weighted by atomic mass is 9.65. The van der Waals surface area contributed by atoms with Gasteiger partial charge in [-0.05, 0) is 48.3 Å². The van der Waals surface area contributed by atoms with Crippen LogP contribution in [-0.4, -0.2) is 0 Å². The SMILES string of the molecule is C=CC12CC(C)C(C1)C(C)CC2C. The summed E-state index contributed by atoms with van der Waals surface area (Å²) in [6, 6.07) is 0. The van der Waals surface area contributed by atoms with Gasteiger partial charge in [0.25, 0.3) is 0 Å². The fraction of sp³-hybridized carbons (Fsp3) is 0.846. The summed E-state index contributed by atoms with van der Waals surface area (Å²) in [6.07, 6.45) is 6.49. The molecule has 2 rings (SSSR count). The van der Waals surface area contributed by atoms with Gasteiger partial charge in [0.2, 0.25) is 0 Å². The molecule has 0 aromatic carbocycles. The summed E-state index contributed by atoms with van der Waals surface area (Å²) < 4.78 is 0. The fourth-order valence-electron chi connectivity index (χ4n) is 3.97. The molecule has 74 valence electrons. The van der Waals surface area contributed by atoms with E-state index in [9.17, 15) is 0 Å². The van der Waals surface area contributed by atoms with Gasteiger partial charge in [0.05, 0.1) is 0 Å². The molecule has 0 spiro atoms. The largest absolute Gasteiger partial charge is 0.103 e. The summed E-state index contributed by atoms with van der Waals surface area (Å²) in [7, 11) is 0. The summed E-state index contributed by atoms with van der Waals surface area (Å²) >= 11 is 0. The van der Waals surface area contributed by atoms with E-state index in [1.165, 1.54) is 19.3 Å². The quantitative estimate of drug-likeness (QED) is 0.534. The van der Waals surface area contributed by atoms with Crippen molar-refractivity contribution in [3.63, 3.8) is 0 Å². The van der Waals surface area contributed by atoms with Crippen LogP contribution in [0.2, 0.25) is 0 Å². The van der Waals surface area contributed by atoms with Crippen LogP contribution in [0.25, 0.3) is 0 Å². The minimum Gasteiger partial charge on any atom is -0.103 e. The molecule has 0 radical (unpaired) electrons. The topological polar surface area (TPSA) is 0 Å². The van der Waals surface area contributed by atoms with Gasteiger partial charge in [-0.25, -0.2) is 0 Å². The van der Waals surface area contributed by atoms with E-state index in [0.29, 0.717) is 5.41 Å². The van der Waals surface area contributed by atoms with Crippen LogP contribution in [0.3, 0.4) is 0 Å². The van der Waals surface area contributed by atoms with Gasteiger partial charge < -0.3 is 0 Å². The van der Waals surface area contributed by atoms with Crippen molar-refractivity contribution in [1.82, 2.24) is 0 Å². The van der Waals surface area contributed by atoms with Crippen LogP contribution in [0.15, 0.2) is 12.7 Å². The average Bonchev–Trinajstić information content (AvgIpc) is 2.39. The van der Waals surface area contributed by atoms with E-state index in [4.69, 9.17) is 0 Å². The molecular formula is C13H22. The molecule has 0 saturated heterocycles. The molecule has 0 heterocycles. The first-order valence-electron chi connectivity index (χ1n) is 5.72. The van der Waals surface area contributed by atoms with Crippen LogP contribution in [0, 0.1) is 29.1 Å². The second-order valence-electron chi connectivity index (χ2n) is 5.60. The maximum absolute atomic E-state index is 4.06. The van der Waals surface area contributed by atoms with Crippen LogP contribution in [0.5, 0.6) is 0 Å². The summed E-state index contributed by atoms with van der Waals surface area (Å²) in [5.74, 6) is 3.72. The third kappa shape index (κ3) is 1.18. The molecule has 0 aromatic heterocycles. The number of hydrogen-bond donors (Lipinski definition) is 0. The van der Waals surface area contributed by atoms with Crippen LogP contribution >= 0.6 is 0 Å². The van der Waals surface area contributed by atoms with E-state index >= 15 is 0 Å². The van der Waals surface area contributed by atoms with Gasteiger partial charge in [-0.3, -0.25) is 0 Å². The molecule has 2 aliphatic rings. The van der Waals surface area contributed by atoms with Crippen molar-refractivity contribution in [2.24, 2.45) is 29.1 Å². The Bertz CT molecular complexity index is 218. The predicted molar refractivity (Wildman–Crippen MR) is 57.5 cm³/mol. The molecule has 0 heteroatoms. The van der Waals surface area contributed by atoms with E-state index in [2.05, 4.69) is 33.4 Å². The lowest BCUT2D eigenvalue weighted by molar-refractivity contribution is 0.134. The number of allylic oxidation sites excluding steroid dienone is 1. The molecule has 2 bridgehead atoms. The summed E-state index contributed by atoms with van der Waals surface area (Å²) in [6.45, 7) is 11.4. The van der Waals surface area contributed by atoms with Gasteiger partial charge >= 0.3 is 0 Å². The van der Waals surface area contributed by atoms with Crippen molar-refractivity contribution >= 4 is 0 Å². The molecule has 0 N–H and O–H groups in total. The van der Waals surface area contributed by atoms with Crippen LogP contribution in [-0.2, 0) is 0 Å². The Morgan fingerprint density at radius 2 is 1.85 bits per heavy atom. The van der Waals surface area contributed by atoms with Crippen molar-refractivity contribution in [1.29, 1.82) is 0 Å². The minimum atomic E-state index is 0.511. The predicted octanol–water partition coefficient (Wildman–Crippen LogP) is 3.88. The Morgan fingerprint density at radius 3 is 2.46 bits per heavy atom. The third-order valence-electron chi connectivity index (χ3n) is 4.89. The highest BCUT2D eigenvalue weighted by Gasteiger charge is 2.50. The molecule has 2 saturated carbocycles. The van der Waals surface area contributed by atoms with Crippen LogP contribution in [0.4, 0.5) is 0 Å². The molecule has 0 nitrogen and oxygen atoms in total. The lowest BCUT2D eigenvalue weighted by Crippen LogP contribution is -2.31. The number of rotatable bonds is 1. The van der Waals surface area contributed by atoms with Crippen molar-refractivity contribution < 1.29 is 0 Å². The van der Waals surface area contributed by atoms with Gasteiger partial charge in [-0.2, -0.15) is 0 Å². The van der Waals surface area contributed by atoms with Gasteiger partial charge in [0.15, 0.2) is 0 Å². The van der Waals surface area contributed by atoms with E-state index in [1.807, 2.05) is 0 Å². The van der Waals surface area contributed by atoms with Gasteiger partial charge in [-0.15, -0.1) is 6.58 Å². The maximum Gasteiger partial charge on any atom is -0.00897 e. The Kier molecular flexibility index (Phi) is 2.05. The van der Waals surface area contributed by atoms with Crippen molar-refractivity contribution in [3.8, 4) is 0 Å². The second-order valence-corrected chi connectivity index (χ2v) is 5.60. The summed E-state index contributed by atoms with van der Waals surface area (Å²) in [5, 5.41) is 0. The highest BCUT2D eigenvalue weighted by molar-refractivity contribution is 5.09. The fourth-order valence-corrected chi connectivity index (χ4v) is 3.97. The Morgan fingerprint density at radius 1 is 1.15 bits per heavy atom. The molecule has 0 amide bonds. The molecule has 0 aliphatic heterocycles. The van der Waals surface area contributed by atoms with Crippen molar-refractivity contribution in [3.05, 3.63) is 12.7 Å². The molecule has 2 fully saturated rings. The Hall–Kier alpha value is -0.260. The van der Waals surface area contributed by atoms with Gasteiger partial charge in [0.1, 0.15) is 0 Å². The van der Waals surface area contributed by atoms with Crippen molar-refractivity contribution in [2.75, 3.05) is 0 Å². The maximum atomic E-state index is 4.06. The first-order valence-corrected chi connectivity index (χ1v) is 5.72. The minimum absolute atomic E-state index is 0.511. The Balaban J connectivity index is 2.29. The van der Waals surface area contributed by atoms with Gasteiger partial charge in [-0.1, -0.05) is 26.8 Å². The zero-order chi connectivity index (χ0) is 9.64. The monoisotopic (exact) mass is 178 g/mol. The zero-order valence-corrected chi connectivity index (χ0v) is 9.22. The van der Waals surface area contributed by atoms with Crippen molar-refractivity contribution in [2.45, 2.75) is 40.0 Å². The molecular weight excluding hydrogens is 156 g/mol. The zero-order valence-electron chi connectivity index (χ0n) is 9.22. The third-order valence-corrected chi connectivity index (χ3v) is 4.89. The number of hydrogen-bond acceptors (Lipinski definition) is 0. The van der Waals surface area contributed by atoms with Gasteiger partial charge in [0, 0.05) is 0 Å². The molecule has 2 aliphatic carbocycles. The average molecular weight is 178 g/mol. The summed E-state index contributed by atoms with van der Waals surface area (Å²) in [4.78, 5) is 0. The number of fused-ring (bicyclic) bond motifs is 2. The highest BCUT2D eigenvalue weighted by Crippen LogP contribution is 2.59. The lowest BCUT2D eigenvalue weighted by Gasteiger charge is -2.39. The molecule has 0 aromatic rings. The van der Waals surface area contributed by atoms with E-state index in [1.54, 1.807) is 0 Å². The molecule has 5 unspecified atom stereocenters. The smallest absolute Gasteiger partial charge is 0.00897 e. The van der Waals surface area contributed by atoms with E-state index < -0.39 is 0 Å². The van der Waals surface area contributed by atoms with E-state index in [0.717, 1.165) is 23.7 Å². The summed E-state index contributed by atoms with van der Waals surface area (Å²) in [5.41, 5.74) is 0.511. The molecule has 5 atom stereocenters. The second kappa shape index (κ2) is 2.87. The highest BCUT2D eigenvalue weighted by atomic mass is 14.5. The first kappa shape index (κ1) is 9.30. The van der Waals surface area contributed by atoms with Crippen LogP contribution in [0.1, 0.15) is 40.0 Å². The standard InChI is InChI=1S/C13H22/c1-5-13-7-10(3)12(8-13)9(2)6-11(13)4/h5,9-12H,1,6-8H2,2-4H3. The van der Waals surface area contributed by atoms with Crippen LogP contribution < -0.4 is 0 Å². The molecule has 13 heavy (non-hydrogen) atoms. The normalized spacial score (nSPS) is 55.0. The first-order chi connectivity index (χ1) is 6.09.